The van der Waals surface area contributed by atoms with Gasteiger partial charge < -0.3 is 10.3 Å². The number of hydrogen-bond acceptors (Lipinski definition) is 1. The lowest BCUT2D eigenvalue weighted by molar-refractivity contribution is -0.116. The van der Waals surface area contributed by atoms with Crippen LogP contribution in [-0.2, 0) is 4.79 Å². The molecule has 2 N–H and O–H groups in total. The summed E-state index contributed by atoms with van der Waals surface area (Å²) >= 11 is 0. The standard InChI is InChI=1S/C13H16N2O/c1-2-3-7-13(16)15-12-6-4-5-11-10(12)8-9-14-11/h4-6,8-9,14H,2-3,7H2,1H3,(H,15,16). The Morgan fingerprint density at radius 1 is 1.38 bits per heavy atom. The molecule has 84 valence electrons. The van der Waals surface area contributed by atoms with Crippen molar-refractivity contribution in [2.45, 2.75) is 26.2 Å². The minimum absolute atomic E-state index is 0.0931. The van der Waals surface area contributed by atoms with Crippen molar-refractivity contribution < 1.29 is 4.79 Å². The number of benzene rings is 1. The number of unbranched alkanes of at least 4 members (excludes halogenated alkanes) is 1. The molecule has 3 nitrogen and oxygen atoms in total. The van der Waals surface area contributed by atoms with Crippen molar-refractivity contribution in [1.29, 1.82) is 0 Å². The van der Waals surface area contributed by atoms with Crippen LogP contribution in [0.5, 0.6) is 0 Å². The molecule has 0 aliphatic carbocycles. The SMILES string of the molecule is CCCCC(=O)Nc1cccc2[nH]ccc12. The van der Waals surface area contributed by atoms with E-state index in [1.165, 1.54) is 0 Å². The summed E-state index contributed by atoms with van der Waals surface area (Å²) < 4.78 is 0. The van der Waals surface area contributed by atoms with Gasteiger partial charge in [-0.05, 0) is 24.6 Å². The Hall–Kier alpha value is -1.77. The van der Waals surface area contributed by atoms with E-state index in [0.29, 0.717) is 6.42 Å². The Balaban J connectivity index is 2.14. The van der Waals surface area contributed by atoms with Crippen molar-refractivity contribution in [3.8, 4) is 0 Å². The predicted molar refractivity (Wildman–Crippen MR) is 66.5 cm³/mol. The molecule has 0 aliphatic heterocycles. The zero-order valence-corrected chi connectivity index (χ0v) is 9.42. The van der Waals surface area contributed by atoms with Crippen LogP contribution in [0.25, 0.3) is 10.9 Å². The van der Waals surface area contributed by atoms with Gasteiger partial charge in [-0.3, -0.25) is 4.79 Å². The summed E-state index contributed by atoms with van der Waals surface area (Å²) in [5.41, 5.74) is 1.94. The molecule has 0 saturated heterocycles. The largest absolute Gasteiger partial charge is 0.361 e. The quantitative estimate of drug-likeness (QED) is 0.809. The summed E-state index contributed by atoms with van der Waals surface area (Å²) in [4.78, 5) is 14.7. The lowest BCUT2D eigenvalue weighted by Gasteiger charge is -2.05. The van der Waals surface area contributed by atoms with Crippen molar-refractivity contribution in [1.82, 2.24) is 4.98 Å². The van der Waals surface area contributed by atoms with Gasteiger partial charge in [-0.1, -0.05) is 19.4 Å². The van der Waals surface area contributed by atoms with Gasteiger partial charge in [0.05, 0.1) is 5.69 Å². The molecule has 2 aromatic rings. The number of aromatic amines is 1. The first-order valence-corrected chi connectivity index (χ1v) is 5.67. The van der Waals surface area contributed by atoms with Gasteiger partial charge in [-0.25, -0.2) is 0 Å². The second-order valence-electron chi connectivity index (χ2n) is 3.90. The number of nitrogens with one attached hydrogen (secondary N) is 2. The Morgan fingerprint density at radius 2 is 2.25 bits per heavy atom. The van der Waals surface area contributed by atoms with Gasteiger partial charge >= 0.3 is 0 Å². The number of aromatic nitrogens is 1. The first-order valence-electron chi connectivity index (χ1n) is 5.67. The fourth-order valence-electron chi connectivity index (χ4n) is 1.74. The van der Waals surface area contributed by atoms with Gasteiger partial charge in [0.15, 0.2) is 0 Å². The van der Waals surface area contributed by atoms with Gasteiger partial charge in [0.25, 0.3) is 0 Å². The van der Waals surface area contributed by atoms with Gasteiger partial charge in [0, 0.05) is 23.5 Å². The minimum atomic E-state index is 0.0931. The van der Waals surface area contributed by atoms with Crippen molar-refractivity contribution in [2.24, 2.45) is 0 Å². The summed E-state index contributed by atoms with van der Waals surface area (Å²) in [6.45, 7) is 2.08. The van der Waals surface area contributed by atoms with Crippen LogP contribution in [0.15, 0.2) is 30.5 Å². The number of amides is 1. The Kier molecular flexibility index (Phi) is 3.25. The molecule has 2 rings (SSSR count). The van der Waals surface area contributed by atoms with Crippen LogP contribution >= 0.6 is 0 Å². The van der Waals surface area contributed by atoms with E-state index in [1.807, 2.05) is 30.5 Å². The van der Waals surface area contributed by atoms with Crippen LogP contribution in [-0.4, -0.2) is 10.9 Å². The first-order chi connectivity index (χ1) is 7.81. The smallest absolute Gasteiger partial charge is 0.224 e. The summed E-state index contributed by atoms with van der Waals surface area (Å²) in [7, 11) is 0. The first kappa shape index (κ1) is 10.7. The van der Waals surface area contributed by atoms with Crippen molar-refractivity contribution >= 4 is 22.5 Å². The maximum absolute atomic E-state index is 11.6. The fourth-order valence-corrected chi connectivity index (χ4v) is 1.74. The van der Waals surface area contributed by atoms with Crippen LogP contribution < -0.4 is 5.32 Å². The highest BCUT2D eigenvalue weighted by Gasteiger charge is 2.05. The van der Waals surface area contributed by atoms with E-state index in [9.17, 15) is 4.79 Å². The van der Waals surface area contributed by atoms with Gasteiger partial charge in [-0.2, -0.15) is 0 Å². The Labute approximate surface area is 94.9 Å². The number of anilines is 1. The molecule has 0 saturated carbocycles. The van der Waals surface area contributed by atoms with Gasteiger partial charge in [-0.15, -0.1) is 0 Å². The number of rotatable bonds is 4. The van der Waals surface area contributed by atoms with Crippen LogP contribution in [0.3, 0.4) is 0 Å². The van der Waals surface area contributed by atoms with Gasteiger partial charge in [0.1, 0.15) is 0 Å². The molecule has 0 atom stereocenters. The highest BCUT2D eigenvalue weighted by Crippen LogP contribution is 2.22. The number of hydrogen-bond donors (Lipinski definition) is 2. The molecule has 0 radical (unpaired) electrons. The van der Waals surface area contributed by atoms with E-state index >= 15 is 0 Å². The summed E-state index contributed by atoms with van der Waals surface area (Å²) in [5, 5.41) is 4.01. The highest BCUT2D eigenvalue weighted by atomic mass is 16.1. The molecule has 1 amide bonds. The summed E-state index contributed by atoms with van der Waals surface area (Å²) in [5.74, 6) is 0.0931. The van der Waals surface area contributed by atoms with Crippen LogP contribution in [0.1, 0.15) is 26.2 Å². The maximum atomic E-state index is 11.6. The summed E-state index contributed by atoms with van der Waals surface area (Å²) in [6.07, 6.45) is 4.46. The number of carbonyl (C=O) groups is 1. The van der Waals surface area contributed by atoms with E-state index in [2.05, 4.69) is 17.2 Å². The Morgan fingerprint density at radius 3 is 3.06 bits per heavy atom. The molecule has 0 unspecified atom stereocenters. The van der Waals surface area contributed by atoms with E-state index < -0.39 is 0 Å². The zero-order valence-electron chi connectivity index (χ0n) is 9.42. The molecule has 0 bridgehead atoms. The molecule has 1 heterocycles. The van der Waals surface area contributed by atoms with E-state index in [1.54, 1.807) is 0 Å². The molecule has 1 aromatic heterocycles. The van der Waals surface area contributed by atoms with Crippen LogP contribution in [0, 0.1) is 0 Å². The van der Waals surface area contributed by atoms with Gasteiger partial charge in [0.2, 0.25) is 5.91 Å². The molecule has 0 aliphatic rings. The predicted octanol–water partition coefficient (Wildman–Crippen LogP) is 3.30. The average molecular weight is 216 g/mol. The second-order valence-corrected chi connectivity index (χ2v) is 3.90. The molecule has 0 fully saturated rings. The topological polar surface area (TPSA) is 44.9 Å². The third-order valence-electron chi connectivity index (χ3n) is 2.63. The number of fused-ring (bicyclic) bond motifs is 1. The number of carbonyl (C=O) groups excluding carboxylic acids is 1. The zero-order chi connectivity index (χ0) is 11.4. The van der Waals surface area contributed by atoms with E-state index in [-0.39, 0.29) is 5.91 Å². The monoisotopic (exact) mass is 216 g/mol. The van der Waals surface area contributed by atoms with E-state index in [0.717, 1.165) is 29.4 Å². The van der Waals surface area contributed by atoms with Crippen LogP contribution in [0.2, 0.25) is 0 Å². The third kappa shape index (κ3) is 2.24. The van der Waals surface area contributed by atoms with Crippen molar-refractivity contribution in [3.05, 3.63) is 30.5 Å². The molecule has 0 spiro atoms. The fraction of sp³-hybridized carbons (Fsp3) is 0.308. The van der Waals surface area contributed by atoms with E-state index in [4.69, 9.17) is 0 Å². The molecular weight excluding hydrogens is 200 g/mol. The average Bonchev–Trinajstić information content (AvgIpc) is 2.75. The highest BCUT2D eigenvalue weighted by molar-refractivity contribution is 6.01. The second kappa shape index (κ2) is 4.84. The molecular formula is C13H16N2O. The Bertz CT molecular complexity index is 487. The third-order valence-corrected chi connectivity index (χ3v) is 2.63. The van der Waals surface area contributed by atoms with Crippen LogP contribution in [0.4, 0.5) is 5.69 Å². The molecule has 3 heteroatoms. The van der Waals surface area contributed by atoms with Crippen molar-refractivity contribution in [3.63, 3.8) is 0 Å². The minimum Gasteiger partial charge on any atom is -0.361 e. The lowest BCUT2D eigenvalue weighted by Crippen LogP contribution is -2.10. The molecule has 1 aromatic carbocycles. The number of H-pyrrole nitrogens is 1. The molecule has 16 heavy (non-hydrogen) atoms. The normalized spacial score (nSPS) is 10.6. The summed E-state index contributed by atoms with van der Waals surface area (Å²) in [6, 6.07) is 7.84. The van der Waals surface area contributed by atoms with Crippen molar-refractivity contribution in [2.75, 3.05) is 5.32 Å². The maximum Gasteiger partial charge on any atom is 0.224 e. The lowest BCUT2D eigenvalue weighted by atomic mass is 10.2.